The summed E-state index contributed by atoms with van der Waals surface area (Å²) in [6.45, 7) is 7.54. The quantitative estimate of drug-likeness (QED) is 0.0456. The molecule has 19 nitrogen and oxygen atoms in total. The number of H-pyrrole nitrogens is 5. The third-order valence-corrected chi connectivity index (χ3v) is 25.9. The van der Waals surface area contributed by atoms with Crippen LogP contribution in [0.4, 0.5) is 54.3 Å². The van der Waals surface area contributed by atoms with Crippen LogP contribution < -0.4 is 0 Å². The van der Waals surface area contributed by atoms with E-state index in [-0.39, 0.29) is 42.6 Å². The number of benzene rings is 10. The van der Waals surface area contributed by atoms with Crippen molar-refractivity contribution in [3.05, 3.63) is 348 Å². The Labute approximate surface area is 793 Å². The normalized spacial score (nSPS) is 16.9. The van der Waals surface area contributed by atoms with Crippen molar-refractivity contribution in [2.45, 2.75) is 95.4 Å². The second-order valence-corrected chi connectivity index (χ2v) is 36.2. The molecule has 5 atom stereocenters. The summed E-state index contributed by atoms with van der Waals surface area (Å²) in [5, 5.41) is 19.4. The van der Waals surface area contributed by atoms with Crippen molar-refractivity contribution in [3.8, 4) is 0 Å². The molecule has 5 aliphatic heterocycles. The molecule has 10 aromatic carbocycles. The van der Waals surface area contributed by atoms with Crippen molar-refractivity contribution in [1.82, 2.24) is 49.6 Å². The van der Waals surface area contributed by atoms with Crippen LogP contribution >= 0.6 is 89.9 Å². The predicted molar refractivity (Wildman–Crippen MR) is 500 cm³/mol. The number of nitrogens with one attached hydrogen (secondary N) is 5. The molecule has 5 unspecified atom stereocenters. The molecule has 0 saturated heterocycles. The number of aromatic amines is 5. The van der Waals surface area contributed by atoms with E-state index in [9.17, 15) is 59.5 Å². The van der Waals surface area contributed by atoms with E-state index in [2.05, 4.69) is 68.9 Å². The first-order valence-corrected chi connectivity index (χ1v) is 45.8. The predicted octanol–water partition coefficient (Wildman–Crippen LogP) is 26.7. The molecule has 684 valence electrons. The minimum atomic E-state index is -4.48. The highest BCUT2D eigenvalue weighted by Gasteiger charge is 2.43. The van der Waals surface area contributed by atoms with Crippen molar-refractivity contribution in [2.75, 3.05) is 58.9 Å². The van der Waals surface area contributed by atoms with Gasteiger partial charge >= 0.3 is 30.5 Å². The number of nitrogens with zero attached hydrogens (tertiary/aromatic N) is 5. The van der Waals surface area contributed by atoms with Gasteiger partial charge in [0, 0.05) is 156 Å². The molecule has 5 aromatic heterocycles. The number of fused-ring (bicyclic) bond motifs is 15. The molecule has 132 heavy (non-hydrogen) atoms. The van der Waals surface area contributed by atoms with Crippen LogP contribution in [0.25, 0.3) is 54.5 Å². The van der Waals surface area contributed by atoms with Gasteiger partial charge in [0.1, 0.15) is 65.9 Å². The van der Waals surface area contributed by atoms with Crippen LogP contribution in [0.5, 0.6) is 0 Å². The van der Waals surface area contributed by atoms with E-state index < -0.39 is 83.5 Å². The smallest absolute Gasteiger partial charge is 0.416 e. The Hall–Kier alpha value is -11.3. The molecule has 0 saturated carbocycles. The number of halogens is 15. The Kier molecular flexibility index (Phi) is 28.4. The highest BCUT2D eigenvalue weighted by atomic mass is 79.9. The first kappa shape index (κ1) is 94.0. The largest absolute Gasteiger partial charge is 0.453 e. The van der Waals surface area contributed by atoms with Crippen LogP contribution in [0.1, 0.15) is 141 Å². The van der Waals surface area contributed by atoms with Crippen LogP contribution in [-0.4, -0.2) is 144 Å². The summed E-state index contributed by atoms with van der Waals surface area (Å²) in [7, 11) is 1.35. The van der Waals surface area contributed by atoms with E-state index in [4.69, 9.17) is 77.0 Å². The number of ether oxygens (including phenoxy) is 4. The first-order valence-electron chi connectivity index (χ1n) is 42.1. The average molecular weight is 2030 g/mol. The average Bonchev–Trinajstić information content (AvgIpc) is 1.60. The lowest BCUT2D eigenvalue weighted by Crippen LogP contribution is -2.41. The number of hydroxylamine groups is 2. The molecule has 0 aliphatic carbocycles. The highest BCUT2D eigenvalue weighted by molar-refractivity contribution is 9.10. The molecule has 20 rings (SSSR count). The molecule has 4 amide bonds. The molecular weight excluding hydrogens is 1950 g/mol. The monoisotopic (exact) mass is 2030 g/mol. The summed E-state index contributed by atoms with van der Waals surface area (Å²) >= 11 is 37.0. The van der Waals surface area contributed by atoms with Crippen LogP contribution in [0.3, 0.4) is 0 Å². The van der Waals surface area contributed by atoms with Crippen LogP contribution in [0.15, 0.2) is 209 Å². The molecule has 6 N–H and O–H groups in total. The third kappa shape index (κ3) is 19.7. The molecular formula is C98H83Br2Cl5F8N10O9. The molecule has 0 radical (unpaired) electrons. The lowest BCUT2D eigenvalue weighted by molar-refractivity contribution is -0.137. The maximum Gasteiger partial charge on any atom is 0.416 e. The SMILES string of the molecule is CC(C)OC(=O)N1CCc2c([nH]c3ccc(Cl)cc23)C1c1cccc(C(F)(F)F)c1.CCOC(=O)N1CCc2c([nH]c3ccc(Br)cc23)C1c1cc(F)ccc1F.COC(=O)N1CCc2c([nH]c3ccc(Cl)cc23)C1c1cccc(F)c1.O=C(OCCCl)N1CCc2c([nH]c3ccc(Cl)cc23)C1c1cc(F)cc(F)c1.ON1CCc2c([nH]c3ccc(Br)cc23)C1c1ccc(Cl)cc1. The number of alkyl halides is 4. The molecule has 15 aromatic rings. The zero-order valence-electron chi connectivity index (χ0n) is 70.8. The highest BCUT2D eigenvalue weighted by Crippen LogP contribution is 2.47. The summed E-state index contributed by atoms with van der Waals surface area (Å²) in [6.07, 6.45) is -3.76. The van der Waals surface area contributed by atoms with Gasteiger partial charge in [0.2, 0.25) is 0 Å². The molecule has 5 aliphatic rings. The van der Waals surface area contributed by atoms with E-state index in [1.54, 1.807) is 49.9 Å². The maximum absolute atomic E-state index is 14.6. The summed E-state index contributed by atoms with van der Waals surface area (Å²) in [4.78, 5) is 73.0. The Morgan fingerprint density at radius 1 is 0.424 bits per heavy atom. The van der Waals surface area contributed by atoms with Crippen molar-refractivity contribution in [1.29, 1.82) is 0 Å². The van der Waals surface area contributed by atoms with Gasteiger partial charge in [0.15, 0.2) is 0 Å². The summed E-state index contributed by atoms with van der Waals surface area (Å²) in [5.74, 6) is -2.72. The summed E-state index contributed by atoms with van der Waals surface area (Å²) in [6, 6.07) is 51.3. The summed E-state index contributed by atoms with van der Waals surface area (Å²) < 4.78 is 133. The summed E-state index contributed by atoms with van der Waals surface area (Å²) in [5.41, 5.74) is 15.6. The number of hydrogen-bond donors (Lipinski definition) is 6. The Balaban J connectivity index is 0.000000121. The second kappa shape index (κ2) is 39.9. The molecule has 0 bridgehead atoms. The minimum Gasteiger partial charge on any atom is -0.453 e. The van der Waals surface area contributed by atoms with E-state index in [1.165, 1.54) is 68.2 Å². The van der Waals surface area contributed by atoms with Gasteiger partial charge in [-0.15, -0.1) is 11.6 Å². The van der Waals surface area contributed by atoms with Gasteiger partial charge in [0.05, 0.1) is 31.3 Å². The van der Waals surface area contributed by atoms with Gasteiger partial charge in [-0.1, -0.05) is 115 Å². The van der Waals surface area contributed by atoms with Crippen molar-refractivity contribution < 1.29 is 78.5 Å². The molecule has 0 spiro atoms. The van der Waals surface area contributed by atoms with E-state index in [0.29, 0.717) is 112 Å². The Morgan fingerprint density at radius 3 is 1.28 bits per heavy atom. The number of carbonyl (C=O) groups excluding carboxylic acids is 4. The molecule has 34 heteroatoms. The number of rotatable bonds is 9. The Bertz CT molecular complexity index is 6870. The van der Waals surface area contributed by atoms with E-state index in [1.807, 2.05) is 97.1 Å². The second-order valence-electron chi connectivity index (χ2n) is 32.2. The van der Waals surface area contributed by atoms with Gasteiger partial charge in [-0.2, -0.15) is 18.2 Å². The van der Waals surface area contributed by atoms with E-state index >= 15 is 0 Å². The first-order chi connectivity index (χ1) is 63.3. The minimum absolute atomic E-state index is 0.0519. The molecule has 0 fully saturated rings. The van der Waals surface area contributed by atoms with Crippen molar-refractivity contribution in [3.63, 3.8) is 0 Å². The fraction of sp³-hybridized carbons (Fsp3) is 0.245. The number of carbonyl (C=O) groups is 4. The van der Waals surface area contributed by atoms with E-state index in [0.717, 1.165) is 140 Å². The van der Waals surface area contributed by atoms with Crippen molar-refractivity contribution >= 4 is 169 Å². The molecule has 10 heterocycles. The zero-order valence-corrected chi connectivity index (χ0v) is 77.8. The lowest BCUT2D eigenvalue weighted by Gasteiger charge is -2.36. The maximum atomic E-state index is 14.6. The van der Waals surface area contributed by atoms with Crippen LogP contribution in [0, 0.1) is 29.1 Å². The fourth-order valence-corrected chi connectivity index (χ4v) is 19.7. The van der Waals surface area contributed by atoms with Crippen LogP contribution in [0.2, 0.25) is 20.1 Å². The third-order valence-electron chi connectivity index (χ3n) is 23.8. The number of amides is 4. The number of aromatic nitrogens is 5. The fourth-order valence-electron chi connectivity index (χ4n) is 18.2. The van der Waals surface area contributed by atoms with Gasteiger partial charge < -0.3 is 49.1 Å². The Morgan fingerprint density at radius 2 is 0.818 bits per heavy atom. The van der Waals surface area contributed by atoms with Gasteiger partial charge in [-0.3, -0.25) is 19.6 Å². The van der Waals surface area contributed by atoms with Gasteiger partial charge in [0.25, 0.3) is 0 Å². The standard InChI is InChI=1S/C22H20ClF3N2O2.C20H17BrF2N2O2.C20H16Cl2F2N2O2.C19H16ClFN2O2.C17H14BrClN2O/c1-12(2)30-21(29)28-9-8-16-17-11-15(23)6-7-18(17)27-19(16)20(28)13-4-3-5-14(10-13)22(24,25)26;1-2-27-20(26)25-8-7-13-14-9-11(21)3-6-17(14)24-18(13)19(25)15-10-12(22)4-5-16(15)23;21-4-6-28-20(27)26-5-3-15-16-9-12(22)1-2-17(16)25-18(15)19(26)11-7-13(23)10-14(24)8-11;1-25-19(24)23-8-7-14-15-10-12(20)5-6-16(15)22-17(14)18(23)11-3-2-4-13(21)9-11;18-11-3-6-15-14(9-11)13-7-8-21(22)17(16(13)20-15)10-1-4-12(19)5-2-10/h3-7,10-12,20,27H,8-9H2,1-2H3;3-6,9-10,19,24H,2,7-8H2,1H3;1-2,7-10,19,25H,3-6H2;2-6,9-10,18,22H,7-8H2,1H3;1-6,9,17,20,22H,7-8H2. The number of hydrogen-bond acceptors (Lipinski definition) is 10. The zero-order chi connectivity index (χ0) is 93.4. The lowest BCUT2D eigenvalue weighted by atomic mass is 9.92. The van der Waals surface area contributed by atoms with Crippen molar-refractivity contribution in [2.24, 2.45) is 0 Å². The van der Waals surface area contributed by atoms with Gasteiger partial charge in [-0.25, -0.2) is 41.1 Å². The van der Waals surface area contributed by atoms with Crippen LogP contribution in [-0.2, 0) is 57.2 Å². The topological polar surface area (TPSA) is 221 Å². The number of methoxy groups -OCH3 is 1. The van der Waals surface area contributed by atoms with Gasteiger partial charge in [-0.05, 0) is 261 Å².